The van der Waals surface area contributed by atoms with Gasteiger partial charge in [-0.05, 0) is 24.3 Å². The van der Waals surface area contributed by atoms with E-state index in [4.69, 9.17) is 34.8 Å². The Morgan fingerprint density at radius 2 is 1.88 bits per heavy atom. The molecular weight excluding hydrogens is 397 g/mol. The largest absolute Gasteiger partial charge is 0.324 e. The first kappa shape index (κ1) is 19.0. The minimum Gasteiger partial charge on any atom is -0.324 e. The summed E-state index contributed by atoms with van der Waals surface area (Å²) in [5.41, 5.74) is 0.239. The molecule has 6 nitrogen and oxygen atoms in total. The number of aromatic nitrogens is 1. The molecule has 1 aromatic heterocycles. The highest BCUT2D eigenvalue weighted by Crippen LogP contribution is 2.32. The third kappa shape index (κ3) is 4.37. The van der Waals surface area contributed by atoms with Gasteiger partial charge in [0.2, 0.25) is 15.9 Å². The molecule has 0 aliphatic carbocycles. The lowest BCUT2D eigenvalue weighted by atomic mass is 10.3. The first-order chi connectivity index (χ1) is 11.2. The van der Waals surface area contributed by atoms with Gasteiger partial charge in [-0.15, -0.1) is 0 Å². The molecule has 0 spiro atoms. The number of benzene rings is 1. The van der Waals surface area contributed by atoms with Crippen molar-refractivity contribution < 1.29 is 13.2 Å². The van der Waals surface area contributed by atoms with Crippen LogP contribution in [-0.2, 0) is 14.8 Å². The van der Waals surface area contributed by atoms with Crippen molar-refractivity contribution in [2.75, 3.05) is 18.9 Å². The maximum absolute atomic E-state index is 12.3. The number of nitrogens with zero attached hydrogens (tertiary/aromatic N) is 2. The summed E-state index contributed by atoms with van der Waals surface area (Å²) >= 11 is 17.7. The van der Waals surface area contributed by atoms with Gasteiger partial charge in [0.25, 0.3) is 0 Å². The van der Waals surface area contributed by atoms with E-state index < -0.39 is 22.5 Å². The number of carbonyl (C=O) groups excluding carboxylic acids is 1. The van der Waals surface area contributed by atoms with E-state index in [0.29, 0.717) is 0 Å². The molecule has 1 heterocycles. The van der Waals surface area contributed by atoms with Gasteiger partial charge in [-0.2, -0.15) is 4.31 Å². The van der Waals surface area contributed by atoms with Gasteiger partial charge in [0.1, 0.15) is 4.90 Å². The normalized spacial score (nSPS) is 11.5. The first-order valence-corrected chi connectivity index (χ1v) is 9.10. The molecule has 0 atom stereocenters. The molecule has 0 saturated heterocycles. The summed E-state index contributed by atoms with van der Waals surface area (Å²) in [7, 11) is -2.53. The van der Waals surface area contributed by atoms with E-state index in [2.05, 4.69) is 10.3 Å². The molecular formula is C14H12Cl3N3O3S. The van der Waals surface area contributed by atoms with Crippen molar-refractivity contribution in [2.45, 2.75) is 4.90 Å². The number of anilines is 1. The van der Waals surface area contributed by atoms with Gasteiger partial charge in [0.15, 0.2) is 0 Å². The SMILES string of the molecule is CN(CC(=O)Nc1cc(Cl)c(Cl)cc1Cl)S(=O)(=O)c1cccnc1. The van der Waals surface area contributed by atoms with Crippen molar-refractivity contribution in [3.63, 3.8) is 0 Å². The Morgan fingerprint density at radius 1 is 1.21 bits per heavy atom. The number of sulfonamides is 1. The van der Waals surface area contributed by atoms with E-state index in [9.17, 15) is 13.2 Å². The summed E-state index contributed by atoms with van der Waals surface area (Å²) in [4.78, 5) is 15.8. The second kappa shape index (κ2) is 7.67. The zero-order chi connectivity index (χ0) is 17.9. The highest BCUT2D eigenvalue weighted by atomic mass is 35.5. The minimum absolute atomic E-state index is 0.00660. The third-order valence-electron chi connectivity index (χ3n) is 2.99. The molecule has 2 aromatic rings. The van der Waals surface area contributed by atoms with Crippen LogP contribution in [0.2, 0.25) is 15.1 Å². The second-order valence-corrected chi connectivity index (χ2v) is 8.01. The Balaban J connectivity index is 2.11. The number of hydrogen-bond acceptors (Lipinski definition) is 4. The Hall–Kier alpha value is -1.38. The number of pyridine rings is 1. The van der Waals surface area contributed by atoms with Crippen LogP contribution in [0.3, 0.4) is 0 Å². The molecule has 0 aliphatic heterocycles. The maximum Gasteiger partial charge on any atom is 0.244 e. The van der Waals surface area contributed by atoms with Crippen LogP contribution < -0.4 is 5.32 Å². The van der Waals surface area contributed by atoms with Crippen LogP contribution in [0, 0.1) is 0 Å². The fourth-order valence-corrected chi connectivity index (χ4v) is 3.46. The van der Waals surface area contributed by atoms with Crippen LogP contribution in [0.1, 0.15) is 0 Å². The average molecular weight is 409 g/mol. The molecule has 2 rings (SSSR count). The molecule has 0 fully saturated rings. The van der Waals surface area contributed by atoms with Crippen molar-refractivity contribution in [3.8, 4) is 0 Å². The Bertz CT molecular complexity index is 860. The zero-order valence-corrected chi connectivity index (χ0v) is 15.4. The number of hydrogen-bond donors (Lipinski definition) is 1. The number of likely N-dealkylation sites (N-methyl/N-ethyl adjacent to an activating group) is 1. The van der Waals surface area contributed by atoms with Crippen LogP contribution in [-0.4, -0.2) is 37.2 Å². The van der Waals surface area contributed by atoms with Gasteiger partial charge in [-0.1, -0.05) is 34.8 Å². The summed E-state index contributed by atoms with van der Waals surface area (Å²) < 4.78 is 25.6. The van der Waals surface area contributed by atoms with Crippen LogP contribution in [0.15, 0.2) is 41.6 Å². The summed E-state index contributed by atoms with van der Waals surface area (Å²) in [6, 6.07) is 5.67. The van der Waals surface area contributed by atoms with Gasteiger partial charge in [0, 0.05) is 19.4 Å². The molecule has 0 unspecified atom stereocenters. The lowest BCUT2D eigenvalue weighted by molar-refractivity contribution is -0.116. The molecule has 1 amide bonds. The van der Waals surface area contributed by atoms with E-state index in [1.807, 2.05) is 0 Å². The minimum atomic E-state index is -3.82. The van der Waals surface area contributed by atoms with E-state index in [1.54, 1.807) is 0 Å². The van der Waals surface area contributed by atoms with E-state index in [0.717, 1.165) is 4.31 Å². The van der Waals surface area contributed by atoms with Gasteiger partial charge in [-0.25, -0.2) is 8.42 Å². The lowest BCUT2D eigenvalue weighted by Gasteiger charge is -2.17. The summed E-state index contributed by atoms with van der Waals surface area (Å²) in [6.45, 7) is -0.409. The monoisotopic (exact) mass is 407 g/mol. The molecule has 0 saturated carbocycles. The van der Waals surface area contributed by atoms with Crippen molar-refractivity contribution >= 4 is 56.4 Å². The van der Waals surface area contributed by atoms with Gasteiger partial charge in [0.05, 0.1) is 27.3 Å². The van der Waals surface area contributed by atoms with E-state index in [-0.39, 0.29) is 25.7 Å². The quantitative estimate of drug-likeness (QED) is 0.770. The topological polar surface area (TPSA) is 79.4 Å². The van der Waals surface area contributed by atoms with Crippen LogP contribution in [0.5, 0.6) is 0 Å². The molecule has 1 N–H and O–H groups in total. The first-order valence-electron chi connectivity index (χ1n) is 6.52. The fraction of sp³-hybridized carbons (Fsp3) is 0.143. The molecule has 10 heteroatoms. The number of amides is 1. The van der Waals surface area contributed by atoms with Crippen molar-refractivity contribution in [3.05, 3.63) is 51.7 Å². The number of carbonyl (C=O) groups is 1. The van der Waals surface area contributed by atoms with Crippen molar-refractivity contribution in [1.82, 2.24) is 9.29 Å². The fourth-order valence-electron chi connectivity index (χ4n) is 1.77. The average Bonchev–Trinajstić information content (AvgIpc) is 2.53. The van der Waals surface area contributed by atoms with Gasteiger partial charge >= 0.3 is 0 Å². The standard InChI is InChI=1S/C14H12Cl3N3O3S/c1-20(24(22,23)9-3-2-4-18-7-9)8-14(21)19-13-6-11(16)10(15)5-12(13)17/h2-7H,8H2,1H3,(H,19,21). The molecule has 24 heavy (non-hydrogen) atoms. The molecule has 128 valence electrons. The number of halogens is 3. The second-order valence-electron chi connectivity index (χ2n) is 4.74. The summed E-state index contributed by atoms with van der Waals surface area (Å²) in [5, 5.41) is 3.15. The lowest BCUT2D eigenvalue weighted by Crippen LogP contribution is -2.35. The molecule has 0 radical (unpaired) electrons. The number of nitrogens with one attached hydrogen (secondary N) is 1. The van der Waals surface area contributed by atoms with Crippen molar-refractivity contribution in [1.29, 1.82) is 0 Å². The highest BCUT2D eigenvalue weighted by Gasteiger charge is 2.23. The molecule has 0 bridgehead atoms. The predicted molar refractivity (Wildman–Crippen MR) is 94.2 cm³/mol. The van der Waals surface area contributed by atoms with Crippen LogP contribution in [0.4, 0.5) is 5.69 Å². The Labute approximate surface area is 154 Å². The zero-order valence-electron chi connectivity index (χ0n) is 12.3. The maximum atomic E-state index is 12.3. The summed E-state index contributed by atoms with van der Waals surface area (Å²) in [5.74, 6) is -0.578. The predicted octanol–water partition coefficient (Wildman–Crippen LogP) is 3.30. The molecule has 1 aromatic carbocycles. The van der Waals surface area contributed by atoms with Crippen molar-refractivity contribution in [2.24, 2.45) is 0 Å². The van der Waals surface area contributed by atoms with Crippen LogP contribution in [0.25, 0.3) is 0 Å². The van der Waals surface area contributed by atoms with Gasteiger partial charge in [-0.3, -0.25) is 9.78 Å². The van der Waals surface area contributed by atoms with Crippen LogP contribution >= 0.6 is 34.8 Å². The summed E-state index contributed by atoms with van der Waals surface area (Å²) in [6.07, 6.45) is 2.66. The van der Waals surface area contributed by atoms with E-state index in [1.165, 1.54) is 43.7 Å². The number of rotatable bonds is 5. The van der Waals surface area contributed by atoms with Gasteiger partial charge < -0.3 is 5.32 Å². The molecule has 0 aliphatic rings. The highest BCUT2D eigenvalue weighted by molar-refractivity contribution is 7.89. The third-order valence-corrected chi connectivity index (χ3v) is 5.81. The Morgan fingerprint density at radius 3 is 2.50 bits per heavy atom. The smallest absolute Gasteiger partial charge is 0.244 e. The Kier molecular flexibility index (Phi) is 6.06. The van der Waals surface area contributed by atoms with E-state index >= 15 is 0 Å².